The van der Waals surface area contributed by atoms with Crippen molar-refractivity contribution in [3.05, 3.63) is 53.9 Å². The van der Waals surface area contributed by atoms with Gasteiger partial charge in [-0.1, -0.05) is 19.1 Å². The Morgan fingerprint density at radius 3 is 2.68 bits per heavy atom. The van der Waals surface area contributed by atoms with Gasteiger partial charge in [-0.15, -0.1) is 0 Å². The van der Waals surface area contributed by atoms with Crippen molar-refractivity contribution >= 4 is 5.91 Å². The standard InChI is InChI=1S/C17H20N2O3/c1-12(13-3-5-16(22-2)6-4-13)7-8-19-17(21)14-9-15(20)11-18-10-14/h3-6,9-12,20H,7-8H2,1-2H3,(H,19,21). The summed E-state index contributed by atoms with van der Waals surface area (Å²) in [6, 6.07) is 9.33. The maximum Gasteiger partial charge on any atom is 0.252 e. The molecule has 2 N–H and O–H groups in total. The van der Waals surface area contributed by atoms with Gasteiger partial charge < -0.3 is 15.2 Å². The van der Waals surface area contributed by atoms with Gasteiger partial charge in [0.15, 0.2) is 0 Å². The predicted octanol–water partition coefficient (Wildman–Crippen LogP) is 2.72. The van der Waals surface area contributed by atoms with Gasteiger partial charge >= 0.3 is 0 Å². The maximum atomic E-state index is 11.9. The first-order chi connectivity index (χ1) is 10.6. The van der Waals surface area contributed by atoms with Crippen molar-refractivity contribution < 1.29 is 14.6 Å². The van der Waals surface area contributed by atoms with Gasteiger partial charge in [0.1, 0.15) is 11.5 Å². The Morgan fingerprint density at radius 2 is 2.05 bits per heavy atom. The number of methoxy groups -OCH3 is 1. The molecule has 0 saturated carbocycles. The van der Waals surface area contributed by atoms with E-state index in [0.717, 1.165) is 12.2 Å². The minimum Gasteiger partial charge on any atom is -0.506 e. The van der Waals surface area contributed by atoms with Crippen LogP contribution in [0.3, 0.4) is 0 Å². The average molecular weight is 300 g/mol. The molecule has 1 unspecified atom stereocenters. The van der Waals surface area contributed by atoms with Crippen molar-refractivity contribution in [1.82, 2.24) is 10.3 Å². The molecular formula is C17H20N2O3. The molecule has 0 saturated heterocycles. The Balaban J connectivity index is 1.83. The van der Waals surface area contributed by atoms with Crippen molar-refractivity contribution in [1.29, 1.82) is 0 Å². The van der Waals surface area contributed by atoms with Crippen molar-refractivity contribution in [2.45, 2.75) is 19.3 Å². The van der Waals surface area contributed by atoms with Crippen molar-refractivity contribution in [2.75, 3.05) is 13.7 Å². The molecule has 1 amide bonds. The minimum absolute atomic E-state index is 0.0146. The number of amides is 1. The van der Waals surface area contributed by atoms with Crippen LogP contribution >= 0.6 is 0 Å². The molecule has 0 fully saturated rings. The number of rotatable bonds is 6. The van der Waals surface area contributed by atoms with Gasteiger partial charge in [0.2, 0.25) is 0 Å². The van der Waals surface area contributed by atoms with E-state index in [1.165, 1.54) is 24.0 Å². The molecule has 2 rings (SSSR count). The SMILES string of the molecule is COc1ccc(C(C)CCNC(=O)c2cncc(O)c2)cc1. The molecule has 0 aliphatic carbocycles. The smallest absolute Gasteiger partial charge is 0.252 e. The normalized spacial score (nSPS) is 11.7. The summed E-state index contributed by atoms with van der Waals surface area (Å²) in [6.45, 7) is 2.67. The van der Waals surface area contributed by atoms with Crippen molar-refractivity contribution in [2.24, 2.45) is 0 Å². The summed E-state index contributed by atoms with van der Waals surface area (Å²) in [5, 5.41) is 12.1. The second-order valence-electron chi connectivity index (χ2n) is 5.15. The molecular weight excluding hydrogens is 280 g/mol. The summed E-state index contributed by atoms with van der Waals surface area (Å²) in [5.74, 6) is 0.915. The Labute approximate surface area is 130 Å². The number of pyridine rings is 1. The highest BCUT2D eigenvalue weighted by molar-refractivity contribution is 5.94. The molecule has 1 atom stereocenters. The zero-order valence-corrected chi connectivity index (χ0v) is 12.7. The lowest BCUT2D eigenvalue weighted by molar-refractivity contribution is 0.0952. The van der Waals surface area contributed by atoms with Gasteiger partial charge in [0, 0.05) is 12.7 Å². The van der Waals surface area contributed by atoms with E-state index in [4.69, 9.17) is 4.74 Å². The molecule has 0 aliphatic heterocycles. The van der Waals surface area contributed by atoms with Gasteiger partial charge in [0.05, 0.1) is 18.9 Å². The van der Waals surface area contributed by atoms with E-state index in [9.17, 15) is 9.90 Å². The highest BCUT2D eigenvalue weighted by Gasteiger charge is 2.09. The number of aromatic hydroxyl groups is 1. The van der Waals surface area contributed by atoms with Gasteiger partial charge in [-0.05, 0) is 36.1 Å². The molecule has 2 aromatic rings. The van der Waals surface area contributed by atoms with Crippen LogP contribution in [0.4, 0.5) is 0 Å². The second-order valence-corrected chi connectivity index (χ2v) is 5.15. The molecule has 1 aromatic heterocycles. The van der Waals surface area contributed by atoms with Crippen LogP contribution in [0.15, 0.2) is 42.7 Å². The molecule has 0 spiro atoms. The molecule has 5 heteroatoms. The van der Waals surface area contributed by atoms with Crippen LogP contribution in [0.5, 0.6) is 11.5 Å². The molecule has 0 bridgehead atoms. The van der Waals surface area contributed by atoms with E-state index in [2.05, 4.69) is 17.2 Å². The highest BCUT2D eigenvalue weighted by Crippen LogP contribution is 2.21. The summed E-state index contributed by atoms with van der Waals surface area (Å²) < 4.78 is 5.14. The Hall–Kier alpha value is -2.56. The Kier molecular flexibility index (Phi) is 5.36. The fourth-order valence-electron chi connectivity index (χ4n) is 2.16. The van der Waals surface area contributed by atoms with Gasteiger partial charge in [-0.2, -0.15) is 0 Å². The number of nitrogens with zero attached hydrogens (tertiary/aromatic N) is 1. The average Bonchev–Trinajstić information content (AvgIpc) is 2.54. The van der Waals surface area contributed by atoms with Gasteiger partial charge in [-0.3, -0.25) is 9.78 Å². The van der Waals surface area contributed by atoms with E-state index < -0.39 is 0 Å². The number of hydrogen-bond donors (Lipinski definition) is 2. The lowest BCUT2D eigenvalue weighted by Gasteiger charge is -2.13. The van der Waals surface area contributed by atoms with E-state index in [0.29, 0.717) is 18.0 Å². The van der Waals surface area contributed by atoms with E-state index in [1.54, 1.807) is 7.11 Å². The summed E-state index contributed by atoms with van der Waals surface area (Å²) in [7, 11) is 1.64. The van der Waals surface area contributed by atoms with E-state index >= 15 is 0 Å². The number of carbonyl (C=O) groups is 1. The third kappa shape index (κ3) is 4.22. The van der Waals surface area contributed by atoms with Gasteiger partial charge in [-0.25, -0.2) is 0 Å². The van der Waals surface area contributed by atoms with Crippen LogP contribution in [-0.4, -0.2) is 29.7 Å². The Bertz CT molecular complexity index is 626. The van der Waals surface area contributed by atoms with Crippen molar-refractivity contribution in [3.63, 3.8) is 0 Å². The van der Waals surface area contributed by atoms with Gasteiger partial charge in [0.25, 0.3) is 5.91 Å². The number of carbonyl (C=O) groups excluding carboxylic acids is 1. The maximum absolute atomic E-state index is 11.9. The lowest BCUT2D eigenvalue weighted by Crippen LogP contribution is -2.25. The minimum atomic E-state index is -0.231. The molecule has 0 aliphatic rings. The third-order valence-corrected chi connectivity index (χ3v) is 3.53. The summed E-state index contributed by atoms with van der Waals surface area (Å²) in [6.07, 6.45) is 3.55. The van der Waals surface area contributed by atoms with Crippen LogP contribution < -0.4 is 10.1 Å². The summed E-state index contributed by atoms with van der Waals surface area (Å²) in [5.41, 5.74) is 1.56. The van der Waals surface area contributed by atoms with Crippen LogP contribution in [-0.2, 0) is 0 Å². The number of hydrogen-bond acceptors (Lipinski definition) is 4. The van der Waals surface area contributed by atoms with Crippen molar-refractivity contribution in [3.8, 4) is 11.5 Å². The topological polar surface area (TPSA) is 71.5 Å². The van der Waals surface area contributed by atoms with E-state index in [1.807, 2.05) is 24.3 Å². The summed E-state index contributed by atoms with van der Waals surface area (Å²) >= 11 is 0. The Morgan fingerprint density at radius 1 is 1.32 bits per heavy atom. The number of benzene rings is 1. The highest BCUT2D eigenvalue weighted by atomic mass is 16.5. The van der Waals surface area contributed by atoms with E-state index in [-0.39, 0.29) is 11.7 Å². The largest absolute Gasteiger partial charge is 0.506 e. The third-order valence-electron chi connectivity index (χ3n) is 3.53. The zero-order valence-electron chi connectivity index (χ0n) is 12.7. The first kappa shape index (κ1) is 15.8. The van der Waals surface area contributed by atoms with Crippen LogP contribution in [0.25, 0.3) is 0 Å². The molecule has 5 nitrogen and oxygen atoms in total. The molecule has 1 aromatic carbocycles. The lowest BCUT2D eigenvalue weighted by atomic mass is 9.98. The van der Waals surface area contributed by atoms with Crippen LogP contribution in [0, 0.1) is 0 Å². The first-order valence-electron chi connectivity index (χ1n) is 7.16. The zero-order chi connectivity index (χ0) is 15.9. The fraction of sp³-hybridized carbons (Fsp3) is 0.294. The number of ether oxygens (including phenoxy) is 1. The van der Waals surface area contributed by atoms with Crippen LogP contribution in [0.1, 0.15) is 35.2 Å². The molecule has 22 heavy (non-hydrogen) atoms. The second kappa shape index (κ2) is 7.45. The predicted molar refractivity (Wildman–Crippen MR) is 84.3 cm³/mol. The number of nitrogens with one attached hydrogen (secondary N) is 1. The first-order valence-corrected chi connectivity index (χ1v) is 7.16. The quantitative estimate of drug-likeness (QED) is 0.860. The molecule has 0 radical (unpaired) electrons. The number of aromatic nitrogens is 1. The summed E-state index contributed by atoms with van der Waals surface area (Å²) in [4.78, 5) is 15.7. The molecule has 116 valence electrons. The molecule has 1 heterocycles. The van der Waals surface area contributed by atoms with Crippen LogP contribution in [0.2, 0.25) is 0 Å². The fourth-order valence-corrected chi connectivity index (χ4v) is 2.16. The monoisotopic (exact) mass is 300 g/mol.